The zero-order valence-electron chi connectivity index (χ0n) is 12.0. The second-order valence-corrected chi connectivity index (χ2v) is 8.13. The lowest BCUT2D eigenvalue weighted by molar-refractivity contribution is 0.533. The Morgan fingerprint density at radius 2 is 1.76 bits per heavy atom. The zero-order chi connectivity index (χ0) is 14.4. The minimum absolute atomic E-state index is 0.144. The molecular weight excluding hydrogens is 286 g/mol. The smallest absolute Gasteiger partial charge is 0.242 e. The van der Waals surface area contributed by atoms with Gasteiger partial charge in [-0.05, 0) is 36.8 Å². The van der Waals surface area contributed by atoms with Crippen LogP contribution in [0.4, 0.5) is 5.69 Å². The molecule has 6 heteroatoms. The van der Waals surface area contributed by atoms with Gasteiger partial charge in [-0.3, -0.25) is 0 Å². The van der Waals surface area contributed by atoms with Gasteiger partial charge in [-0.2, -0.15) is 0 Å². The van der Waals surface area contributed by atoms with Gasteiger partial charge < -0.3 is 10.2 Å². The lowest BCUT2D eigenvalue weighted by atomic mass is 10.0. The molecular formula is C15H21N3O2S. The Kier molecular flexibility index (Phi) is 3.20. The van der Waals surface area contributed by atoms with E-state index in [9.17, 15) is 8.42 Å². The first-order valence-corrected chi connectivity index (χ1v) is 9.19. The van der Waals surface area contributed by atoms with Crippen molar-refractivity contribution < 1.29 is 8.42 Å². The van der Waals surface area contributed by atoms with Gasteiger partial charge in [-0.15, -0.1) is 0 Å². The molecule has 3 aliphatic rings. The molecule has 4 rings (SSSR count). The Bertz CT molecular complexity index is 630. The standard InChI is InChI=1S/C15H21N3O2S/c19-21(20,17-13-5-6-13)15-4-2-1-3-14(15)18-9-11-7-16-8-12(11)10-18/h1-4,11-13,16-17H,5-10H2. The van der Waals surface area contributed by atoms with E-state index < -0.39 is 10.0 Å². The molecule has 1 aromatic carbocycles. The summed E-state index contributed by atoms with van der Waals surface area (Å²) < 4.78 is 27.9. The molecule has 1 saturated carbocycles. The number of nitrogens with one attached hydrogen (secondary N) is 2. The van der Waals surface area contributed by atoms with Crippen molar-refractivity contribution in [3.8, 4) is 0 Å². The third-order valence-corrected chi connectivity index (χ3v) is 6.35. The highest BCUT2D eigenvalue weighted by molar-refractivity contribution is 7.89. The quantitative estimate of drug-likeness (QED) is 0.863. The van der Waals surface area contributed by atoms with Crippen LogP contribution in [0.25, 0.3) is 0 Å². The number of para-hydroxylation sites is 1. The van der Waals surface area contributed by atoms with Gasteiger partial charge in [0.05, 0.1) is 5.69 Å². The van der Waals surface area contributed by atoms with Crippen molar-refractivity contribution >= 4 is 15.7 Å². The molecule has 2 heterocycles. The van der Waals surface area contributed by atoms with Crippen LogP contribution in [0.3, 0.4) is 0 Å². The molecule has 3 fully saturated rings. The highest BCUT2D eigenvalue weighted by atomic mass is 32.2. The summed E-state index contributed by atoms with van der Waals surface area (Å²) in [7, 11) is -3.40. The average Bonchev–Trinajstić information content (AvgIpc) is 3.00. The van der Waals surface area contributed by atoms with Crippen molar-refractivity contribution in [2.75, 3.05) is 31.1 Å². The minimum atomic E-state index is -3.40. The van der Waals surface area contributed by atoms with Crippen molar-refractivity contribution in [1.29, 1.82) is 0 Å². The summed E-state index contributed by atoms with van der Waals surface area (Å²) in [4.78, 5) is 2.68. The monoisotopic (exact) mass is 307 g/mol. The molecule has 0 amide bonds. The van der Waals surface area contributed by atoms with E-state index in [2.05, 4.69) is 14.9 Å². The molecule has 2 atom stereocenters. The maximum absolute atomic E-state index is 12.6. The first kappa shape index (κ1) is 13.5. The summed E-state index contributed by atoms with van der Waals surface area (Å²) in [6, 6.07) is 7.55. The zero-order valence-corrected chi connectivity index (χ0v) is 12.8. The molecule has 0 bridgehead atoms. The molecule has 1 aromatic rings. The van der Waals surface area contributed by atoms with Crippen LogP contribution in [0.2, 0.25) is 0 Å². The number of nitrogens with zero attached hydrogens (tertiary/aromatic N) is 1. The highest BCUT2D eigenvalue weighted by Crippen LogP contribution is 2.34. The lowest BCUT2D eigenvalue weighted by Crippen LogP contribution is -2.30. The summed E-state index contributed by atoms with van der Waals surface area (Å²) >= 11 is 0. The fraction of sp³-hybridized carbons (Fsp3) is 0.600. The third-order valence-electron chi connectivity index (χ3n) is 4.78. The molecule has 0 spiro atoms. The highest BCUT2D eigenvalue weighted by Gasteiger charge is 2.38. The third kappa shape index (κ3) is 2.56. The van der Waals surface area contributed by atoms with E-state index in [0.717, 1.165) is 44.7 Å². The van der Waals surface area contributed by atoms with Crippen molar-refractivity contribution in [1.82, 2.24) is 10.0 Å². The van der Waals surface area contributed by atoms with Crippen molar-refractivity contribution in [2.24, 2.45) is 11.8 Å². The summed E-state index contributed by atoms with van der Waals surface area (Å²) in [6.07, 6.45) is 1.92. The predicted octanol–water partition coefficient (Wildman–Crippen LogP) is 0.783. The van der Waals surface area contributed by atoms with Crippen LogP contribution in [-0.4, -0.2) is 40.6 Å². The molecule has 21 heavy (non-hydrogen) atoms. The Balaban J connectivity index is 1.63. The summed E-state index contributed by atoms with van der Waals surface area (Å²) in [5.41, 5.74) is 0.861. The van der Waals surface area contributed by atoms with Crippen LogP contribution in [0.15, 0.2) is 29.2 Å². The van der Waals surface area contributed by atoms with Gasteiger partial charge in [0.2, 0.25) is 10.0 Å². The maximum Gasteiger partial charge on any atom is 0.242 e. The van der Waals surface area contributed by atoms with E-state index in [1.807, 2.05) is 18.2 Å². The van der Waals surface area contributed by atoms with E-state index >= 15 is 0 Å². The van der Waals surface area contributed by atoms with Gasteiger partial charge in [0.15, 0.2) is 0 Å². The molecule has 5 nitrogen and oxygen atoms in total. The minimum Gasteiger partial charge on any atom is -0.370 e. The molecule has 2 N–H and O–H groups in total. The Labute approximate surface area is 125 Å². The second-order valence-electron chi connectivity index (χ2n) is 6.45. The molecule has 0 aromatic heterocycles. The van der Waals surface area contributed by atoms with E-state index in [4.69, 9.17) is 0 Å². The number of hydrogen-bond donors (Lipinski definition) is 2. The Morgan fingerprint density at radius 1 is 1.10 bits per heavy atom. The van der Waals surface area contributed by atoms with Gasteiger partial charge in [0.25, 0.3) is 0 Å². The summed E-state index contributed by atoms with van der Waals surface area (Å²) in [5, 5.41) is 3.42. The number of hydrogen-bond acceptors (Lipinski definition) is 4. The van der Waals surface area contributed by atoms with Gasteiger partial charge in [0.1, 0.15) is 4.90 Å². The van der Waals surface area contributed by atoms with E-state index in [0.29, 0.717) is 16.7 Å². The average molecular weight is 307 g/mol. The van der Waals surface area contributed by atoms with Crippen LogP contribution in [0.5, 0.6) is 0 Å². The number of rotatable bonds is 4. The number of anilines is 1. The molecule has 0 radical (unpaired) electrons. The first-order chi connectivity index (χ1) is 10.1. The van der Waals surface area contributed by atoms with Crippen LogP contribution in [0.1, 0.15) is 12.8 Å². The lowest BCUT2D eigenvalue weighted by Gasteiger charge is -2.23. The van der Waals surface area contributed by atoms with Gasteiger partial charge in [-0.1, -0.05) is 12.1 Å². The van der Waals surface area contributed by atoms with E-state index in [1.165, 1.54) is 0 Å². The number of sulfonamides is 1. The normalized spacial score (nSPS) is 28.9. The maximum atomic E-state index is 12.6. The van der Waals surface area contributed by atoms with Crippen LogP contribution < -0.4 is 14.9 Å². The SMILES string of the molecule is O=S(=O)(NC1CC1)c1ccccc1N1CC2CNCC2C1. The van der Waals surface area contributed by atoms with Crippen molar-refractivity contribution in [3.05, 3.63) is 24.3 Å². The van der Waals surface area contributed by atoms with E-state index in [-0.39, 0.29) is 6.04 Å². The number of benzene rings is 1. The second kappa shape index (κ2) is 4.97. The van der Waals surface area contributed by atoms with Crippen LogP contribution in [-0.2, 0) is 10.0 Å². The van der Waals surface area contributed by atoms with Gasteiger partial charge in [-0.25, -0.2) is 13.1 Å². The largest absolute Gasteiger partial charge is 0.370 e. The van der Waals surface area contributed by atoms with E-state index in [1.54, 1.807) is 6.07 Å². The Hall–Kier alpha value is -1.11. The first-order valence-electron chi connectivity index (χ1n) is 7.70. The van der Waals surface area contributed by atoms with Crippen molar-refractivity contribution in [2.45, 2.75) is 23.8 Å². The molecule has 2 unspecified atom stereocenters. The molecule has 2 saturated heterocycles. The molecule has 114 valence electrons. The molecule has 1 aliphatic carbocycles. The van der Waals surface area contributed by atoms with Gasteiger partial charge >= 0.3 is 0 Å². The van der Waals surface area contributed by atoms with Crippen LogP contribution >= 0.6 is 0 Å². The number of fused-ring (bicyclic) bond motifs is 1. The summed E-state index contributed by atoms with van der Waals surface area (Å²) in [5.74, 6) is 1.30. The predicted molar refractivity (Wildman–Crippen MR) is 81.8 cm³/mol. The Morgan fingerprint density at radius 3 is 2.43 bits per heavy atom. The van der Waals surface area contributed by atoms with Crippen LogP contribution in [0, 0.1) is 11.8 Å². The molecule has 2 aliphatic heterocycles. The fourth-order valence-electron chi connectivity index (χ4n) is 3.48. The topological polar surface area (TPSA) is 61.4 Å². The summed E-state index contributed by atoms with van der Waals surface area (Å²) in [6.45, 7) is 4.01. The van der Waals surface area contributed by atoms with Gasteiger partial charge in [0, 0.05) is 32.2 Å². The van der Waals surface area contributed by atoms with Crippen molar-refractivity contribution in [3.63, 3.8) is 0 Å². The fourth-order valence-corrected chi connectivity index (χ4v) is 5.01.